The second-order valence-electron chi connectivity index (χ2n) is 6.79. The van der Waals surface area contributed by atoms with Gasteiger partial charge < -0.3 is 20.4 Å². The van der Waals surface area contributed by atoms with Crippen molar-refractivity contribution in [1.82, 2.24) is 15.3 Å². The molecule has 1 aliphatic heterocycles. The van der Waals surface area contributed by atoms with Crippen LogP contribution in [0.15, 0.2) is 41.4 Å². The van der Waals surface area contributed by atoms with E-state index in [0.717, 1.165) is 12.0 Å². The first-order chi connectivity index (χ1) is 12.5. The first-order valence-corrected chi connectivity index (χ1v) is 8.53. The van der Waals surface area contributed by atoms with Crippen molar-refractivity contribution < 1.29 is 20.4 Å². The van der Waals surface area contributed by atoms with Gasteiger partial charge in [0.2, 0.25) is 12.2 Å². The Morgan fingerprint density at radius 3 is 2.50 bits per heavy atom. The smallest absolute Gasteiger partial charge is 0.317 e. The molecule has 5 atom stereocenters. The fourth-order valence-corrected chi connectivity index (χ4v) is 4.15. The van der Waals surface area contributed by atoms with Gasteiger partial charge in [0, 0.05) is 24.4 Å². The molecule has 1 fully saturated rings. The zero-order valence-corrected chi connectivity index (χ0v) is 13.9. The van der Waals surface area contributed by atoms with Crippen molar-refractivity contribution in [2.45, 2.75) is 37.1 Å². The largest absolute Gasteiger partial charge is 0.496 e. The number of aromatic hydroxyl groups is 2. The minimum atomic E-state index is -1.11. The van der Waals surface area contributed by atoms with Crippen molar-refractivity contribution >= 4 is 5.90 Å². The highest BCUT2D eigenvalue weighted by Crippen LogP contribution is 2.55. The number of rotatable bonds is 3. The van der Waals surface area contributed by atoms with E-state index >= 15 is 0 Å². The van der Waals surface area contributed by atoms with Crippen LogP contribution in [-0.4, -0.2) is 48.7 Å². The van der Waals surface area contributed by atoms with Gasteiger partial charge >= 0.3 is 6.01 Å². The monoisotopic (exact) mass is 356 g/mol. The lowest BCUT2D eigenvalue weighted by atomic mass is 9.57. The van der Waals surface area contributed by atoms with E-state index in [-0.39, 0.29) is 35.6 Å². The third-order valence-electron chi connectivity index (χ3n) is 5.26. The van der Waals surface area contributed by atoms with E-state index in [1.165, 1.54) is 6.07 Å². The lowest BCUT2D eigenvalue weighted by Crippen LogP contribution is -2.53. The molecule has 136 valence electrons. The Kier molecular flexibility index (Phi) is 4.21. The number of aliphatic hydroxyl groups excluding tert-OH is 2. The highest BCUT2D eigenvalue weighted by atomic mass is 16.3. The Balaban J connectivity index is 1.66. The summed E-state index contributed by atoms with van der Waals surface area (Å²) < 4.78 is 0. The van der Waals surface area contributed by atoms with E-state index in [2.05, 4.69) is 20.3 Å². The number of aromatic nitrogens is 2. The molecule has 1 saturated carbocycles. The molecular formula is C18H20N4O4. The molecule has 8 nitrogen and oxygen atoms in total. The van der Waals surface area contributed by atoms with E-state index in [1.54, 1.807) is 0 Å². The van der Waals surface area contributed by atoms with Crippen LogP contribution < -0.4 is 5.32 Å². The minimum absolute atomic E-state index is 0.0119. The molecule has 1 aromatic heterocycles. The lowest BCUT2D eigenvalue weighted by Gasteiger charge is -2.49. The van der Waals surface area contributed by atoms with Gasteiger partial charge in [0.15, 0.2) is 5.90 Å². The second kappa shape index (κ2) is 6.54. The fourth-order valence-electron chi connectivity index (χ4n) is 4.15. The van der Waals surface area contributed by atoms with Gasteiger partial charge in [-0.1, -0.05) is 30.3 Å². The molecule has 4 rings (SSSR count). The van der Waals surface area contributed by atoms with Crippen LogP contribution >= 0.6 is 0 Å². The van der Waals surface area contributed by atoms with Crippen LogP contribution in [0.1, 0.15) is 35.9 Å². The van der Waals surface area contributed by atoms with Crippen LogP contribution in [0.5, 0.6) is 11.9 Å². The predicted octanol–water partition coefficient (Wildman–Crippen LogP) is 1.37. The number of nitrogens with zero attached hydrogens (tertiary/aromatic N) is 3. The van der Waals surface area contributed by atoms with Gasteiger partial charge in [0.1, 0.15) is 0 Å². The third-order valence-corrected chi connectivity index (χ3v) is 5.26. The molecule has 5 N–H and O–H groups in total. The molecule has 0 amide bonds. The van der Waals surface area contributed by atoms with Crippen LogP contribution in [0.4, 0.5) is 0 Å². The Morgan fingerprint density at radius 2 is 1.81 bits per heavy atom. The normalized spacial score (nSPS) is 31.1. The zero-order chi connectivity index (χ0) is 18.3. The standard InChI is InChI=1S/C18H20N4O4/c23-14-7-12(19-17(25)21-14)10-6-11(13-8-15(24)22-18(26)20-13)16(10)9-4-2-1-3-5-9/h1-5,7,10-11,13,16,18,20,26H,6,8H2,(H,22,24)(H2,19,21,23,25)/t10-,11-,13?,16+,18?/m1/s1. The first kappa shape index (κ1) is 16.7. The van der Waals surface area contributed by atoms with E-state index in [4.69, 9.17) is 0 Å². The van der Waals surface area contributed by atoms with E-state index < -0.39 is 12.4 Å². The van der Waals surface area contributed by atoms with Crippen LogP contribution in [0.2, 0.25) is 0 Å². The second-order valence-corrected chi connectivity index (χ2v) is 6.79. The molecule has 0 saturated heterocycles. The first-order valence-electron chi connectivity index (χ1n) is 8.53. The minimum Gasteiger partial charge on any atom is -0.496 e. The van der Waals surface area contributed by atoms with Gasteiger partial charge in [-0.25, -0.2) is 4.99 Å². The van der Waals surface area contributed by atoms with Gasteiger partial charge in [0.05, 0.1) is 5.69 Å². The quantitative estimate of drug-likeness (QED) is 0.561. The average molecular weight is 356 g/mol. The number of hydrogen-bond acceptors (Lipinski definition) is 7. The van der Waals surface area contributed by atoms with E-state index in [1.807, 2.05) is 30.3 Å². The van der Waals surface area contributed by atoms with Crippen molar-refractivity contribution in [2.24, 2.45) is 10.9 Å². The summed E-state index contributed by atoms with van der Waals surface area (Å²) in [5.74, 6) is -0.149. The van der Waals surface area contributed by atoms with Gasteiger partial charge in [-0.05, 0) is 23.8 Å². The van der Waals surface area contributed by atoms with Crippen LogP contribution in [0, 0.1) is 5.92 Å². The molecule has 2 aromatic rings. The maximum absolute atomic E-state index is 9.79. The number of aliphatic imine (C=N–C) groups is 1. The van der Waals surface area contributed by atoms with Crippen molar-refractivity contribution in [3.63, 3.8) is 0 Å². The van der Waals surface area contributed by atoms with Crippen molar-refractivity contribution in [2.75, 3.05) is 0 Å². The third kappa shape index (κ3) is 3.09. The Bertz CT molecular complexity index is 809. The maximum Gasteiger partial charge on any atom is 0.317 e. The zero-order valence-electron chi connectivity index (χ0n) is 13.9. The molecule has 0 spiro atoms. The summed E-state index contributed by atoms with van der Waals surface area (Å²) in [7, 11) is 0. The van der Waals surface area contributed by atoms with Crippen LogP contribution in [-0.2, 0) is 0 Å². The average Bonchev–Trinajstić information content (AvgIpc) is 2.53. The molecule has 26 heavy (non-hydrogen) atoms. The fraction of sp³-hybridized carbons (Fsp3) is 0.389. The number of hydrogen-bond donors (Lipinski definition) is 5. The summed E-state index contributed by atoms with van der Waals surface area (Å²) >= 11 is 0. The number of nitrogens with one attached hydrogen (secondary N) is 1. The van der Waals surface area contributed by atoms with Crippen molar-refractivity contribution in [3.8, 4) is 11.9 Å². The van der Waals surface area contributed by atoms with Gasteiger partial charge in [-0.15, -0.1) is 0 Å². The topological polar surface area (TPSA) is 131 Å². The predicted molar refractivity (Wildman–Crippen MR) is 93.0 cm³/mol. The van der Waals surface area contributed by atoms with Crippen LogP contribution in [0.25, 0.3) is 0 Å². The maximum atomic E-state index is 9.79. The van der Waals surface area contributed by atoms with Crippen molar-refractivity contribution in [3.05, 3.63) is 47.7 Å². The lowest BCUT2D eigenvalue weighted by molar-refractivity contribution is 0.0671. The van der Waals surface area contributed by atoms with Gasteiger partial charge in [-0.2, -0.15) is 9.97 Å². The molecular weight excluding hydrogens is 336 g/mol. The molecule has 2 aliphatic rings. The highest BCUT2D eigenvalue weighted by molar-refractivity contribution is 5.75. The summed E-state index contributed by atoms with van der Waals surface area (Å²) in [4.78, 5) is 11.3. The molecule has 8 heteroatoms. The molecule has 1 aromatic carbocycles. The van der Waals surface area contributed by atoms with Gasteiger partial charge in [0.25, 0.3) is 0 Å². The number of benzene rings is 1. The highest BCUT2D eigenvalue weighted by Gasteiger charge is 2.48. The van der Waals surface area contributed by atoms with Gasteiger partial charge in [-0.3, -0.25) is 5.32 Å². The Labute approximate surface area is 149 Å². The van der Waals surface area contributed by atoms with Crippen molar-refractivity contribution in [1.29, 1.82) is 0 Å². The molecule has 2 unspecified atom stereocenters. The molecule has 1 aliphatic carbocycles. The summed E-state index contributed by atoms with van der Waals surface area (Å²) in [5.41, 5.74) is 1.68. The summed E-state index contributed by atoms with van der Waals surface area (Å²) in [6.07, 6.45) is -0.0399. The molecule has 0 radical (unpaired) electrons. The Morgan fingerprint density at radius 1 is 1.04 bits per heavy atom. The summed E-state index contributed by atoms with van der Waals surface area (Å²) in [5, 5.41) is 41.9. The number of aliphatic hydroxyl groups is 2. The van der Waals surface area contributed by atoms with E-state index in [9.17, 15) is 20.4 Å². The van der Waals surface area contributed by atoms with E-state index in [0.29, 0.717) is 12.1 Å². The Hall–Kier alpha value is -2.71. The summed E-state index contributed by atoms with van der Waals surface area (Å²) in [6, 6.07) is 10.8. The van der Waals surface area contributed by atoms with Crippen LogP contribution in [0.3, 0.4) is 0 Å². The molecule has 2 heterocycles. The summed E-state index contributed by atoms with van der Waals surface area (Å²) in [6.45, 7) is 0. The SMILES string of the molecule is OC1=NC(O)NC([C@H]2C[C@H](c3cc(O)nc(O)n3)[C@@H]2c2ccccc2)C1. The molecule has 0 bridgehead atoms.